The van der Waals surface area contributed by atoms with Gasteiger partial charge in [-0.3, -0.25) is 0 Å². The molecule has 1 aliphatic heterocycles. The highest BCUT2D eigenvalue weighted by Gasteiger charge is 2.34. The minimum absolute atomic E-state index is 0.144. The number of likely N-dealkylation sites (N-methyl/N-ethyl adjacent to an activating group) is 1. The average molecular weight is 273 g/mol. The number of fused-ring (bicyclic) bond motifs is 1. The second-order valence-corrected chi connectivity index (χ2v) is 5.83. The van der Waals surface area contributed by atoms with Crippen LogP contribution in [0.3, 0.4) is 0 Å². The molecule has 1 aromatic heterocycles. The molecule has 0 bridgehead atoms. The highest BCUT2D eigenvalue weighted by molar-refractivity contribution is 5.78. The van der Waals surface area contributed by atoms with E-state index in [1.165, 1.54) is 10.9 Å². The molecule has 0 radical (unpaired) electrons. The van der Waals surface area contributed by atoms with E-state index in [4.69, 9.17) is 9.15 Å². The summed E-state index contributed by atoms with van der Waals surface area (Å²) in [5.41, 5.74) is 2.22. The molecule has 20 heavy (non-hydrogen) atoms. The van der Waals surface area contributed by atoms with Gasteiger partial charge in [-0.05, 0) is 44.0 Å². The average Bonchev–Trinajstić information content (AvgIpc) is 3.01. The lowest BCUT2D eigenvalue weighted by Gasteiger charge is -2.25. The van der Waals surface area contributed by atoms with Gasteiger partial charge in [0, 0.05) is 12.0 Å². The molecule has 1 saturated heterocycles. The summed E-state index contributed by atoms with van der Waals surface area (Å²) in [7, 11) is 0. The second kappa shape index (κ2) is 5.58. The number of hydrogen-bond donors (Lipinski definition) is 1. The zero-order valence-corrected chi connectivity index (χ0v) is 12.5. The van der Waals surface area contributed by atoms with Crippen LogP contribution < -0.4 is 5.32 Å². The van der Waals surface area contributed by atoms with Crippen LogP contribution in [0.2, 0.25) is 0 Å². The van der Waals surface area contributed by atoms with Gasteiger partial charge >= 0.3 is 0 Å². The van der Waals surface area contributed by atoms with Gasteiger partial charge in [0.25, 0.3) is 0 Å². The summed E-state index contributed by atoms with van der Waals surface area (Å²) in [6.07, 6.45) is 1.34. The van der Waals surface area contributed by atoms with Crippen LogP contribution in [0.15, 0.2) is 28.7 Å². The van der Waals surface area contributed by atoms with E-state index < -0.39 is 0 Å². The summed E-state index contributed by atoms with van der Waals surface area (Å²) in [5.74, 6) is 1.56. The molecule has 0 amide bonds. The summed E-state index contributed by atoms with van der Waals surface area (Å²) in [6, 6.07) is 8.61. The van der Waals surface area contributed by atoms with E-state index in [1.807, 2.05) is 0 Å². The van der Waals surface area contributed by atoms with E-state index in [2.05, 4.69) is 50.4 Å². The van der Waals surface area contributed by atoms with Crippen molar-refractivity contribution in [2.45, 2.75) is 39.3 Å². The predicted molar refractivity (Wildman–Crippen MR) is 80.9 cm³/mol. The van der Waals surface area contributed by atoms with Crippen molar-refractivity contribution in [3.8, 4) is 0 Å². The molecule has 3 unspecified atom stereocenters. The monoisotopic (exact) mass is 273 g/mol. The van der Waals surface area contributed by atoms with Crippen molar-refractivity contribution in [2.24, 2.45) is 5.92 Å². The molecule has 3 nitrogen and oxygen atoms in total. The van der Waals surface area contributed by atoms with Crippen LogP contribution in [0, 0.1) is 12.8 Å². The summed E-state index contributed by atoms with van der Waals surface area (Å²) < 4.78 is 12.0. The van der Waals surface area contributed by atoms with Gasteiger partial charge in [-0.25, -0.2) is 0 Å². The third kappa shape index (κ3) is 2.48. The molecule has 1 aromatic carbocycles. The molecule has 0 saturated carbocycles. The lowest BCUT2D eigenvalue weighted by molar-refractivity contribution is 0.0549. The number of rotatable bonds is 4. The van der Waals surface area contributed by atoms with Crippen LogP contribution in [0.4, 0.5) is 0 Å². The number of nitrogens with one attached hydrogen (secondary N) is 1. The molecule has 3 rings (SSSR count). The summed E-state index contributed by atoms with van der Waals surface area (Å²) >= 11 is 0. The minimum Gasteiger partial charge on any atom is -0.459 e. The minimum atomic E-state index is 0.144. The smallest absolute Gasteiger partial charge is 0.134 e. The predicted octanol–water partition coefficient (Wildman–Crippen LogP) is 3.82. The third-order valence-corrected chi connectivity index (χ3v) is 4.19. The zero-order chi connectivity index (χ0) is 14.1. The van der Waals surface area contributed by atoms with Crippen LogP contribution in [-0.2, 0) is 4.74 Å². The van der Waals surface area contributed by atoms with Gasteiger partial charge in [0.2, 0.25) is 0 Å². The maximum Gasteiger partial charge on any atom is 0.134 e. The van der Waals surface area contributed by atoms with Crippen molar-refractivity contribution in [1.82, 2.24) is 5.32 Å². The first-order chi connectivity index (χ1) is 9.69. The normalized spacial score (nSPS) is 24.4. The Morgan fingerprint density at radius 2 is 2.20 bits per heavy atom. The maximum absolute atomic E-state index is 6.06. The Kier molecular flexibility index (Phi) is 3.81. The van der Waals surface area contributed by atoms with E-state index in [0.29, 0.717) is 5.92 Å². The Morgan fingerprint density at radius 1 is 1.35 bits per heavy atom. The van der Waals surface area contributed by atoms with Gasteiger partial charge in [-0.1, -0.05) is 25.5 Å². The van der Waals surface area contributed by atoms with Crippen molar-refractivity contribution in [3.63, 3.8) is 0 Å². The van der Waals surface area contributed by atoms with Gasteiger partial charge in [0.1, 0.15) is 11.3 Å². The lowest BCUT2D eigenvalue weighted by atomic mass is 9.96. The van der Waals surface area contributed by atoms with Crippen LogP contribution in [-0.4, -0.2) is 19.3 Å². The van der Waals surface area contributed by atoms with E-state index in [9.17, 15) is 0 Å². The number of ether oxygens (including phenoxy) is 1. The first kappa shape index (κ1) is 13.7. The van der Waals surface area contributed by atoms with Crippen molar-refractivity contribution < 1.29 is 9.15 Å². The fourth-order valence-electron chi connectivity index (χ4n) is 3.08. The molecule has 0 aliphatic carbocycles. The number of benzene rings is 1. The van der Waals surface area contributed by atoms with Gasteiger partial charge in [0.05, 0.1) is 12.1 Å². The lowest BCUT2D eigenvalue weighted by Crippen LogP contribution is -2.34. The standard InChI is InChI=1S/C17H23NO2/c1-4-18-16(17-12(3)7-8-19-17)15-10-13-9-11(2)5-6-14(13)20-15/h5-6,9-10,12,16-18H,4,7-8H2,1-3H3. The zero-order valence-electron chi connectivity index (χ0n) is 12.5. The fraction of sp³-hybridized carbons (Fsp3) is 0.529. The second-order valence-electron chi connectivity index (χ2n) is 5.83. The highest BCUT2D eigenvalue weighted by Crippen LogP contribution is 2.34. The molecule has 3 atom stereocenters. The van der Waals surface area contributed by atoms with Crippen LogP contribution in [0.25, 0.3) is 11.0 Å². The van der Waals surface area contributed by atoms with E-state index >= 15 is 0 Å². The maximum atomic E-state index is 6.06. The first-order valence-electron chi connectivity index (χ1n) is 7.54. The Labute approximate surface area is 120 Å². The van der Waals surface area contributed by atoms with Gasteiger partial charge in [-0.2, -0.15) is 0 Å². The first-order valence-corrected chi connectivity index (χ1v) is 7.54. The third-order valence-electron chi connectivity index (χ3n) is 4.19. The van der Waals surface area contributed by atoms with Crippen molar-refractivity contribution in [1.29, 1.82) is 0 Å². The molecule has 0 spiro atoms. The highest BCUT2D eigenvalue weighted by atomic mass is 16.5. The van der Waals surface area contributed by atoms with Gasteiger partial charge in [0.15, 0.2) is 0 Å². The molecular weight excluding hydrogens is 250 g/mol. The Hall–Kier alpha value is -1.32. The molecule has 108 valence electrons. The van der Waals surface area contributed by atoms with Crippen molar-refractivity contribution in [3.05, 3.63) is 35.6 Å². The molecule has 3 heteroatoms. The van der Waals surface area contributed by atoms with Crippen LogP contribution in [0.5, 0.6) is 0 Å². The van der Waals surface area contributed by atoms with Crippen LogP contribution in [0.1, 0.15) is 37.6 Å². The van der Waals surface area contributed by atoms with Crippen molar-refractivity contribution >= 4 is 11.0 Å². The van der Waals surface area contributed by atoms with Gasteiger partial charge in [-0.15, -0.1) is 0 Å². The number of aryl methyl sites for hydroxylation is 1. The van der Waals surface area contributed by atoms with Gasteiger partial charge < -0.3 is 14.5 Å². The summed E-state index contributed by atoms with van der Waals surface area (Å²) in [6.45, 7) is 8.25. The van der Waals surface area contributed by atoms with E-state index in [0.717, 1.165) is 30.9 Å². The summed E-state index contributed by atoms with van der Waals surface area (Å²) in [4.78, 5) is 0. The summed E-state index contributed by atoms with van der Waals surface area (Å²) in [5, 5.41) is 4.70. The Morgan fingerprint density at radius 3 is 2.90 bits per heavy atom. The molecule has 1 fully saturated rings. The fourth-order valence-corrected chi connectivity index (χ4v) is 3.08. The van der Waals surface area contributed by atoms with Crippen molar-refractivity contribution in [2.75, 3.05) is 13.2 Å². The molecule has 1 aliphatic rings. The molecule has 2 heterocycles. The number of hydrogen-bond acceptors (Lipinski definition) is 3. The number of furan rings is 1. The van der Waals surface area contributed by atoms with E-state index in [1.54, 1.807) is 0 Å². The van der Waals surface area contributed by atoms with E-state index in [-0.39, 0.29) is 12.1 Å². The Balaban J connectivity index is 1.96. The molecule has 2 aromatic rings. The SMILES string of the molecule is CCNC(c1cc2cc(C)ccc2o1)C1OCCC1C. The quantitative estimate of drug-likeness (QED) is 0.919. The molecular formula is C17H23NO2. The largest absolute Gasteiger partial charge is 0.459 e. The molecule has 1 N–H and O–H groups in total. The topological polar surface area (TPSA) is 34.4 Å². The Bertz CT molecular complexity index is 590. The van der Waals surface area contributed by atoms with Crippen LogP contribution >= 0.6 is 0 Å².